The smallest absolute Gasteiger partial charge is 0.335 e. The molecular formula is C13H15NO4. The Kier molecular flexibility index (Phi) is 3.23. The van der Waals surface area contributed by atoms with Gasteiger partial charge in [-0.3, -0.25) is 4.79 Å². The van der Waals surface area contributed by atoms with E-state index in [1.807, 2.05) is 0 Å². The number of carbonyl (C=O) groups is 2. The minimum absolute atomic E-state index is 0.0107. The van der Waals surface area contributed by atoms with Gasteiger partial charge in [0, 0.05) is 25.6 Å². The standard InChI is InChI=1S/C13H15NO4/c1-8(15)14-6-5-9-10(13(16)17)3-4-12(18-2)11(9)7-14/h3-4H,5-7H2,1-2H3,(H,16,17). The highest BCUT2D eigenvalue weighted by molar-refractivity contribution is 5.90. The molecule has 5 heteroatoms. The van der Waals surface area contributed by atoms with Crippen LogP contribution in [0.15, 0.2) is 12.1 Å². The molecule has 1 aromatic rings. The maximum absolute atomic E-state index is 11.4. The highest BCUT2D eigenvalue weighted by Gasteiger charge is 2.25. The van der Waals surface area contributed by atoms with Gasteiger partial charge in [0.2, 0.25) is 5.91 Å². The van der Waals surface area contributed by atoms with Crippen molar-refractivity contribution in [2.45, 2.75) is 19.9 Å². The molecule has 0 atom stereocenters. The summed E-state index contributed by atoms with van der Waals surface area (Å²) < 4.78 is 5.24. The third-order valence-electron chi connectivity index (χ3n) is 3.26. The maximum atomic E-state index is 11.4. The van der Waals surface area contributed by atoms with Gasteiger partial charge in [0.25, 0.3) is 0 Å². The van der Waals surface area contributed by atoms with Gasteiger partial charge in [-0.25, -0.2) is 4.79 Å². The SMILES string of the molecule is COc1ccc(C(=O)O)c2c1CN(C(C)=O)CC2. The molecule has 18 heavy (non-hydrogen) atoms. The van der Waals surface area contributed by atoms with Crippen molar-refractivity contribution in [3.05, 3.63) is 28.8 Å². The van der Waals surface area contributed by atoms with E-state index in [0.717, 1.165) is 11.1 Å². The van der Waals surface area contributed by atoms with Crippen molar-refractivity contribution in [3.8, 4) is 5.75 Å². The van der Waals surface area contributed by atoms with Crippen LogP contribution in [-0.2, 0) is 17.8 Å². The number of benzene rings is 1. The van der Waals surface area contributed by atoms with Crippen molar-refractivity contribution >= 4 is 11.9 Å². The van der Waals surface area contributed by atoms with Crippen LogP contribution in [0.4, 0.5) is 0 Å². The van der Waals surface area contributed by atoms with Gasteiger partial charge in [0.1, 0.15) is 5.75 Å². The zero-order chi connectivity index (χ0) is 13.3. The molecular weight excluding hydrogens is 234 g/mol. The molecule has 0 bridgehead atoms. The number of carbonyl (C=O) groups excluding carboxylic acids is 1. The highest BCUT2D eigenvalue weighted by Crippen LogP contribution is 2.30. The van der Waals surface area contributed by atoms with Crippen molar-refractivity contribution in [2.75, 3.05) is 13.7 Å². The van der Waals surface area contributed by atoms with Gasteiger partial charge in [-0.1, -0.05) is 0 Å². The summed E-state index contributed by atoms with van der Waals surface area (Å²) in [6.07, 6.45) is 0.549. The Morgan fingerprint density at radius 3 is 2.61 bits per heavy atom. The second kappa shape index (κ2) is 4.68. The Morgan fingerprint density at radius 2 is 2.06 bits per heavy atom. The Labute approximate surface area is 105 Å². The molecule has 2 rings (SSSR count). The lowest BCUT2D eigenvalue weighted by Crippen LogP contribution is -2.35. The number of nitrogens with zero attached hydrogens (tertiary/aromatic N) is 1. The number of fused-ring (bicyclic) bond motifs is 1. The first-order chi connectivity index (χ1) is 8.54. The molecule has 1 amide bonds. The molecule has 5 nitrogen and oxygen atoms in total. The molecule has 1 aliphatic heterocycles. The van der Waals surface area contributed by atoms with E-state index in [0.29, 0.717) is 30.8 Å². The normalized spacial score (nSPS) is 14.0. The zero-order valence-electron chi connectivity index (χ0n) is 10.4. The number of carboxylic acids is 1. The van der Waals surface area contributed by atoms with Gasteiger partial charge >= 0.3 is 5.97 Å². The second-order valence-electron chi connectivity index (χ2n) is 4.27. The van der Waals surface area contributed by atoms with Crippen LogP contribution in [0.5, 0.6) is 5.75 Å². The third-order valence-corrected chi connectivity index (χ3v) is 3.26. The van der Waals surface area contributed by atoms with Gasteiger partial charge in [-0.05, 0) is 24.1 Å². The van der Waals surface area contributed by atoms with Gasteiger partial charge in [0.05, 0.1) is 12.7 Å². The molecule has 0 unspecified atom stereocenters. The fraction of sp³-hybridized carbons (Fsp3) is 0.385. The Morgan fingerprint density at radius 1 is 1.33 bits per heavy atom. The van der Waals surface area contributed by atoms with Crippen molar-refractivity contribution in [3.63, 3.8) is 0 Å². The van der Waals surface area contributed by atoms with E-state index in [4.69, 9.17) is 9.84 Å². The van der Waals surface area contributed by atoms with Crippen LogP contribution in [0.25, 0.3) is 0 Å². The average molecular weight is 249 g/mol. The van der Waals surface area contributed by atoms with Crippen LogP contribution in [-0.4, -0.2) is 35.5 Å². The first-order valence-corrected chi connectivity index (χ1v) is 5.72. The lowest BCUT2D eigenvalue weighted by molar-refractivity contribution is -0.129. The summed E-state index contributed by atoms with van der Waals surface area (Å²) in [5.41, 5.74) is 1.88. The predicted molar refractivity (Wildman–Crippen MR) is 64.7 cm³/mol. The van der Waals surface area contributed by atoms with Crippen LogP contribution >= 0.6 is 0 Å². The lowest BCUT2D eigenvalue weighted by atomic mass is 9.93. The molecule has 1 heterocycles. The fourth-order valence-electron chi connectivity index (χ4n) is 2.31. The summed E-state index contributed by atoms with van der Waals surface area (Å²) >= 11 is 0. The number of amides is 1. The zero-order valence-corrected chi connectivity index (χ0v) is 10.4. The molecule has 0 saturated carbocycles. The van der Waals surface area contributed by atoms with Crippen molar-refractivity contribution in [1.82, 2.24) is 4.90 Å². The van der Waals surface area contributed by atoms with Crippen LogP contribution in [0, 0.1) is 0 Å². The molecule has 0 radical (unpaired) electrons. The Bertz CT molecular complexity index is 510. The molecule has 0 saturated heterocycles. The molecule has 0 fully saturated rings. The number of carboxylic acid groups (broad SMARTS) is 1. The van der Waals surface area contributed by atoms with Crippen LogP contribution in [0.3, 0.4) is 0 Å². The Hall–Kier alpha value is -2.04. The van der Waals surface area contributed by atoms with E-state index in [9.17, 15) is 9.59 Å². The maximum Gasteiger partial charge on any atom is 0.335 e. The van der Waals surface area contributed by atoms with Crippen molar-refractivity contribution < 1.29 is 19.4 Å². The van der Waals surface area contributed by atoms with Gasteiger partial charge in [0.15, 0.2) is 0 Å². The van der Waals surface area contributed by atoms with Gasteiger partial charge < -0.3 is 14.7 Å². The number of ether oxygens (including phenoxy) is 1. The summed E-state index contributed by atoms with van der Waals surface area (Å²) in [5, 5.41) is 9.16. The molecule has 96 valence electrons. The molecule has 1 aromatic carbocycles. The predicted octanol–water partition coefficient (Wildman–Crippen LogP) is 1.30. The number of hydrogen-bond donors (Lipinski definition) is 1. The lowest BCUT2D eigenvalue weighted by Gasteiger charge is -2.29. The molecule has 0 spiro atoms. The second-order valence-corrected chi connectivity index (χ2v) is 4.27. The highest BCUT2D eigenvalue weighted by atomic mass is 16.5. The monoisotopic (exact) mass is 249 g/mol. The summed E-state index contributed by atoms with van der Waals surface area (Å²) in [5.74, 6) is -0.311. The van der Waals surface area contributed by atoms with Crippen molar-refractivity contribution in [2.24, 2.45) is 0 Å². The van der Waals surface area contributed by atoms with E-state index in [1.165, 1.54) is 6.92 Å². The number of methoxy groups -OCH3 is 1. The van der Waals surface area contributed by atoms with E-state index in [-0.39, 0.29) is 5.91 Å². The largest absolute Gasteiger partial charge is 0.496 e. The topological polar surface area (TPSA) is 66.8 Å². The van der Waals surface area contributed by atoms with Gasteiger partial charge in [-0.15, -0.1) is 0 Å². The molecule has 0 aliphatic carbocycles. The number of aromatic carboxylic acids is 1. The third kappa shape index (κ3) is 2.03. The summed E-state index contributed by atoms with van der Waals surface area (Å²) in [7, 11) is 1.54. The minimum Gasteiger partial charge on any atom is -0.496 e. The first kappa shape index (κ1) is 12.4. The number of rotatable bonds is 2. The first-order valence-electron chi connectivity index (χ1n) is 5.72. The van der Waals surface area contributed by atoms with E-state index >= 15 is 0 Å². The quantitative estimate of drug-likeness (QED) is 0.857. The summed E-state index contributed by atoms with van der Waals surface area (Å²) in [6, 6.07) is 3.20. The fourth-order valence-corrected chi connectivity index (χ4v) is 2.31. The number of hydrogen-bond acceptors (Lipinski definition) is 3. The summed E-state index contributed by atoms with van der Waals surface area (Å²) in [6.45, 7) is 2.48. The van der Waals surface area contributed by atoms with Crippen molar-refractivity contribution in [1.29, 1.82) is 0 Å². The van der Waals surface area contributed by atoms with Crippen LogP contribution < -0.4 is 4.74 Å². The molecule has 1 aliphatic rings. The van der Waals surface area contributed by atoms with Crippen LogP contribution in [0.1, 0.15) is 28.4 Å². The minimum atomic E-state index is -0.940. The van der Waals surface area contributed by atoms with E-state index in [1.54, 1.807) is 24.1 Å². The average Bonchev–Trinajstić information content (AvgIpc) is 2.36. The van der Waals surface area contributed by atoms with Crippen LogP contribution in [0.2, 0.25) is 0 Å². The van der Waals surface area contributed by atoms with E-state index < -0.39 is 5.97 Å². The molecule has 1 N–H and O–H groups in total. The van der Waals surface area contributed by atoms with Gasteiger partial charge in [-0.2, -0.15) is 0 Å². The molecule has 0 aromatic heterocycles. The Balaban J connectivity index is 2.50. The summed E-state index contributed by atoms with van der Waals surface area (Å²) in [4.78, 5) is 24.3. The van der Waals surface area contributed by atoms with E-state index in [2.05, 4.69) is 0 Å².